The normalized spacial score (nSPS) is 26.8. The van der Waals surface area contributed by atoms with Crippen LogP contribution in [-0.4, -0.2) is 40.6 Å². The largest absolute Gasteiger partial charge is 0.481 e. The van der Waals surface area contributed by atoms with Crippen LogP contribution < -0.4 is 5.32 Å². The van der Waals surface area contributed by atoms with Crippen LogP contribution in [0.15, 0.2) is 0 Å². The second-order valence-corrected chi connectivity index (χ2v) is 5.71. The van der Waals surface area contributed by atoms with Crippen LogP contribution in [0.5, 0.6) is 0 Å². The lowest BCUT2D eigenvalue weighted by Crippen LogP contribution is -2.51. The number of urea groups is 1. The molecule has 0 aromatic heterocycles. The lowest BCUT2D eigenvalue weighted by Gasteiger charge is -2.32. The van der Waals surface area contributed by atoms with Crippen molar-refractivity contribution in [1.29, 1.82) is 0 Å². The number of nitrogens with zero attached hydrogens (tertiary/aromatic N) is 1. The fraction of sp³-hybridized carbons (Fsp3) is 0.857. The molecule has 0 radical (unpaired) electrons. The third-order valence-corrected chi connectivity index (χ3v) is 4.11. The van der Waals surface area contributed by atoms with E-state index in [-0.39, 0.29) is 12.1 Å². The molecule has 0 bridgehead atoms. The van der Waals surface area contributed by atoms with Crippen LogP contribution in [0, 0.1) is 5.92 Å². The fourth-order valence-electron chi connectivity index (χ4n) is 2.92. The maximum Gasteiger partial charge on any atom is 0.317 e. The molecule has 19 heavy (non-hydrogen) atoms. The van der Waals surface area contributed by atoms with Crippen molar-refractivity contribution in [3.05, 3.63) is 0 Å². The zero-order chi connectivity index (χ0) is 13.8. The van der Waals surface area contributed by atoms with Gasteiger partial charge in [0.1, 0.15) is 0 Å². The van der Waals surface area contributed by atoms with Gasteiger partial charge in [-0.05, 0) is 32.1 Å². The van der Waals surface area contributed by atoms with Crippen LogP contribution in [0.3, 0.4) is 0 Å². The monoisotopic (exact) mass is 268 g/mol. The molecule has 108 valence electrons. The van der Waals surface area contributed by atoms with E-state index in [2.05, 4.69) is 12.2 Å². The molecule has 0 heterocycles. The van der Waals surface area contributed by atoms with Gasteiger partial charge in [0, 0.05) is 18.6 Å². The minimum absolute atomic E-state index is 0.0671. The van der Waals surface area contributed by atoms with E-state index in [9.17, 15) is 14.7 Å². The average Bonchev–Trinajstić information content (AvgIpc) is 3.20. The van der Waals surface area contributed by atoms with Gasteiger partial charge in [0.2, 0.25) is 0 Å². The third-order valence-electron chi connectivity index (χ3n) is 4.11. The highest BCUT2D eigenvalue weighted by Gasteiger charge is 2.36. The van der Waals surface area contributed by atoms with E-state index < -0.39 is 11.9 Å². The van der Waals surface area contributed by atoms with Crippen molar-refractivity contribution >= 4 is 12.0 Å². The number of carbonyl (C=O) groups excluding carboxylic acids is 1. The van der Waals surface area contributed by atoms with Gasteiger partial charge in [-0.1, -0.05) is 19.8 Å². The van der Waals surface area contributed by atoms with Gasteiger partial charge in [-0.25, -0.2) is 4.79 Å². The van der Waals surface area contributed by atoms with Crippen LogP contribution >= 0.6 is 0 Å². The Kier molecular flexibility index (Phi) is 4.66. The summed E-state index contributed by atoms with van der Waals surface area (Å²) in [6.07, 6.45) is 6.53. The second kappa shape index (κ2) is 6.26. The number of nitrogens with one attached hydrogen (secondary N) is 1. The molecule has 0 spiro atoms. The molecule has 2 unspecified atom stereocenters. The molecule has 2 fully saturated rings. The van der Waals surface area contributed by atoms with E-state index in [1.807, 2.05) is 4.90 Å². The number of hydrogen-bond donors (Lipinski definition) is 2. The van der Waals surface area contributed by atoms with Crippen LogP contribution in [0.25, 0.3) is 0 Å². The van der Waals surface area contributed by atoms with Gasteiger partial charge in [-0.3, -0.25) is 4.79 Å². The standard InChI is InChI=1S/C14H24N2O3/c1-2-9-16(10-7-8-10)14(19)15-12-6-4-3-5-11(12)13(17)18/h10-12H,2-9H2,1H3,(H,15,19)(H,17,18). The lowest BCUT2D eigenvalue weighted by molar-refractivity contribution is -0.143. The summed E-state index contributed by atoms with van der Waals surface area (Å²) in [5.74, 6) is -1.20. The molecular formula is C14H24N2O3. The van der Waals surface area contributed by atoms with Gasteiger partial charge in [0.15, 0.2) is 0 Å². The van der Waals surface area contributed by atoms with Crippen LogP contribution in [0.1, 0.15) is 51.9 Å². The van der Waals surface area contributed by atoms with E-state index >= 15 is 0 Å². The van der Waals surface area contributed by atoms with Crippen LogP contribution in [0.2, 0.25) is 0 Å². The number of carbonyl (C=O) groups is 2. The summed E-state index contributed by atoms with van der Waals surface area (Å²) in [5, 5.41) is 12.2. The molecule has 5 heteroatoms. The van der Waals surface area contributed by atoms with Gasteiger partial charge in [-0.2, -0.15) is 0 Å². The second-order valence-electron chi connectivity index (χ2n) is 5.71. The summed E-state index contributed by atoms with van der Waals surface area (Å²) < 4.78 is 0. The van der Waals surface area contributed by atoms with Crippen molar-refractivity contribution in [2.75, 3.05) is 6.54 Å². The summed E-state index contributed by atoms with van der Waals surface area (Å²) in [7, 11) is 0. The van der Waals surface area contributed by atoms with E-state index in [4.69, 9.17) is 0 Å². The van der Waals surface area contributed by atoms with Crippen molar-refractivity contribution < 1.29 is 14.7 Å². The third kappa shape index (κ3) is 3.61. The maximum atomic E-state index is 12.3. The minimum Gasteiger partial charge on any atom is -0.481 e. The van der Waals surface area contributed by atoms with Crippen molar-refractivity contribution in [3.63, 3.8) is 0 Å². The van der Waals surface area contributed by atoms with Crippen molar-refractivity contribution in [2.24, 2.45) is 5.92 Å². The first-order valence-electron chi connectivity index (χ1n) is 7.43. The summed E-state index contributed by atoms with van der Waals surface area (Å²) >= 11 is 0. The fourth-order valence-corrected chi connectivity index (χ4v) is 2.92. The first kappa shape index (κ1) is 14.2. The van der Waals surface area contributed by atoms with Gasteiger partial charge in [0.05, 0.1) is 5.92 Å². The number of amides is 2. The number of carboxylic acids is 1. The quantitative estimate of drug-likeness (QED) is 0.803. The Morgan fingerprint density at radius 3 is 2.47 bits per heavy atom. The number of hydrogen-bond acceptors (Lipinski definition) is 2. The van der Waals surface area contributed by atoms with E-state index in [1.54, 1.807) is 0 Å². The molecule has 2 atom stereocenters. The molecule has 2 aliphatic carbocycles. The average molecular weight is 268 g/mol. The highest BCUT2D eigenvalue weighted by atomic mass is 16.4. The molecule has 0 aliphatic heterocycles. The highest BCUT2D eigenvalue weighted by molar-refractivity contribution is 5.77. The van der Waals surface area contributed by atoms with E-state index in [0.29, 0.717) is 12.5 Å². The molecular weight excluding hydrogens is 244 g/mol. The maximum absolute atomic E-state index is 12.3. The Morgan fingerprint density at radius 2 is 1.89 bits per heavy atom. The highest BCUT2D eigenvalue weighted by Crippen LogP contribution is 2.28. The Bertz CT molecular complexity index is 342. The molecule has 2 aliphatic rings. The first-order chi connectivity index (χ1) is 9.13. The SMILES string of the molecule is CCCN(C(=O)NC1CCCCC1C(=O)O)C1CC1. The minimum atomic E-state index is -0.779. The molecule has 2 rings (SSSR count). The number of rotatable bonds is 5. The van der Waals surface area contributed by atoms with Crippen molar-refractivity contribution in [1.82, 2.24) is 10.2 Å². The summed E-state index contributed by atoms with van der Waals surface area (Å²) in [6, 6.07) is 0.117. The Hall–Kier alpha value is -1.26. The topological polar surface area (TPSA) is 69.6 Å². The molecule has 5 nitrogen and oxygen atoms in total. The van der Waals surface area contributed by atoms with Crippen molar-refractivity contribution in [2.45, 2.75) is 64.0 Å². The molecule has 2 amide bonds. The van der Waals surface area contributed by atoms with E-state index in [0.717, 1.165) is 45.1 Å². The predicted molar refractivity (Wildman–Crippen MR) is 71.9 cm³/mol. The zero-order valence-corrected chi connectivity index (χ0v) is 11.6. The smallest absolute Gasteiger partial charge is 0.317 e. The number of aliphatic carboxylic acids is 1. The summed E-state index contributed by atoms with van der Waals surface area (Å²) in [5.41, 5.74) is 0. The molecule has 0 aromatic carbocycles. The van der Waals surface area contributed by atoms with Gasteiger partial charge >= 0.3 is 12.0 Å². The molecule has 2 N–H and O–H groups in total. The van der Waals surface area contributed by atoms with Gasteiger partial charge in [0.25, 0.3) is 0 Å². The van der Waals surface area contributed by atoms with Gasteiger partial charge < -0.3 is 15.3 Å². The predicted octanol–water partition coefficient (Wildman–Crippen LogP) is 2.21. The molecule has 0 saturated heterocycles. The van der Waals surface area contributed by atoms with Crippen LogP contribution in [-0.2, 0) is 4.79 Å². The molecule has 0 aromatic rings. The van der Waals surface area contributed by atoms with Crippen LogP contribution in [0.4, 0.5) is 4.79 Å². The molecule has 2 saturated carbocycles. The Morgan fingerprint density at radius 1 is 1.21 bits per heavy atom. The summed E-state index contributed by atoms with van der Waals surface area (Å²) in [4.78, 5) is 25.4. The Balaban J connectivity index is 1.93. The van der Waals surface area contributed by atoms with Crippen molar-refractivity contribution in [3.8, 4) is 0 Å². The Labute approximate surface area is 114 Å². The van der Waals surface area contributed by atoms with Gasteiger partial charge in [-0.15, -0.1) is 0 Å². The first-order valence-corrected chi connectivity index (χ1v) is 7.43. The summed E-state index contributed by atoms with van der Waals surface area (Å²) in [6.45, 7) is 2.82. The van der Waals surface area contributed by atoms with E-state index in [1.165, 1.54) is 0 Å². The zero-order valence-electron chi connectivity index (χ0n) is 11.6. The number of carboxylic acid groups (broad SMARTS) is 1. The lowest BCUT2D eigenvalue weighted by atomic mass is 9.84.